The predicted octanol–water partition coefficient (Wildman–Crippen LogP) is 4.59. The van der Waals surface area contributed by atoms with E-state index in [1.807, 2.05) is 60.0 Å². The van der Waals surface area contributed by atoms with Crippen LogP contribution in [0, 0.1) is 0 Å². The summed E-state index contributed by atoms with van der Waals surface area (Å²) >= 11 is 7.35. The van der Waals surface area contributed by atoms with E-state index in [9.17, 15) is 4.79 Å². The number of ether oxygens (including phenoxy) is 1. The molecule has 3 aromatic rings. The molecule has 0 spiro atoms. The zero-order valence-corrected chi connectivity index (χ0v) is 18.4. The van der Waals surface area contributed by atoms with Crippen LogP contribution >= 0.6 is 23.4 Å². The van der Waals surface area contributed by atoms with Gasteiger partial charge in [0.2, 0.25) is 5.91 Å². The van der Waals surface area contributed by atoms with Crippen LogP contribution in [0.15, 0.2) is 66.3 Å². The van der Waals surface area contributed by atoms with Crippen molar-refractivity contribution in [2.75, 3.05) is 7.11 Å². The number of amides is 1. The van der Waals surface area contributed by atoms with Crippen LogP contribution in [0.25, 0.3) is 11.4 Å². The third-order valence-corrected chi connectivity index (χ3v) is 5.74. The van der Waals surface area contributed by atoms with Crippen molar-refractivity contribution in [3.63, 3.8) is 0 Å². The maximum Gasteiger partial charge on any atom is 0.233 e. The highest BCUT2D eigenvalue weighted by atomic mass is 35.5. The summed E-state index contributed by atoms with van der Waals surface area (Å²) in [6.07, 6.45) is 1.78. The molecule has 0 saturated carbocycles. The minimum absolute atomic E-state index is 0.0722. The number of nitrogens with zero attached hydrogens (tertiary/aromatic N) is 3. The second-order valence-electron chi connectivity index (χ2n) is 6.54. The van der Waals surface area contributed by atoms with Crippen LogP contribution < -0.4 is 10.1 Å². The van der Waals surface area contributed by atoms with Gasteiger partial charge >= 0.3 is 0 Å². The fraction of sp³-hybridized carbons (Fsp3) is 0.227. The van der Waals surface area contributed by atoms with E-state index in [4.69, 9.17) is 16.3 Å². The van der Waals surface area contributed by atoms with Gasteiger partial charge in [0.05, 0.1) is 12.4 Å². The van der Waals surface area contributed by atoms with Gasteiger partial charge in [-0.15, -0.1) is 16.8 Å². The smallest absolute Gasteiger partial charge is 0.233 e. The number of thioether (sulfide) groups is 1. The molecule has 0 saturated heterocycles. The molecule has 0 aliphatic heterocycles. The molecule has 0 aliphatic carbocycles. The lowest BCUT2D eigenvalue weighted by atomic mass is 10.2. The number of carbonyl (C=O) groups excluding carboxylic acids is 1. The lowest BCUT2D eigenvalue weighted by Crippen LogP contribution is -2.30. The number of hydrogen-bond acceptors (Lipinski definition) is 5. The van der Waals surface area contributed by atoms with Crippen molar-refractivity contribution in [2.45, 2.75) is 30.4 Å². The Morgan fingerprint density at radius 3 is 2.57 bits per heavy atom. The molecule has 2 aromatic carbocycles. The van der Waals surface area contributed by atoms with Crippen molar-refractivity contribution in [1.29, 1.82) is 0 Å². The molecule has 6 nitrogen and oxygen atoms in total. The number of allylic oxidation sites excluding steroid dienone is 1. The standard InChI is InChI=1S/C22H23ClN4O2S/c1-4-13-27-20(17-7-9-18(23)10-8-17)25-26-22(27)30-15(2)21(28)24-14-16-5-11-19(29-3)12-6-16/h4-12,15H,1,13-14H2,2-3H3,(H,24,28)/t15-/m0/s1. The summed E-state index contributed by atoms with van der Waals surface area (Å²) in [6, 6.07) is 15.0. The number of nitrogens with one attached hydrogen (secondary N) is 1. The molecule has 1 heterocycles. The van der Waals surface area contributed by atoms with Crippen LogP contribution in [-0.2, 0) is 17.9 Å². The van der Waals surface area contributed by atoms with Gasteiger partial charge in [-0.25, -0.2) is 0 Å². The van der Waals surface area contributed by atoms with Gasteiger partial charge in [0.15, 0.2) is 11.0 Å². The lowest BCUT2D eigenvalue weighted by Gasteiger charge is -2.13. The van der Waals surface area contributed by atoms with E-state index >= 15 is 0 Å². The van der Waals surface area contributed by atoms with Gasteiger partial charge in [-0.2, -0.15) is 0 Å². The highest BCUT2D eigenvalue weighted by molar-refractivity contribution is 8.00. The van der Waals surface area contributed by atoms with Gasteiger partial charge in [-0.05, 0) is 48.9 Å². The second-order valence-corrected chi connectivity index (χ2v) is 8.28. The second kappa shape index (κ2) is 10.3. The van der Waals surface area contributed by atoms with Gasteiger partial charge in [-0.1, -0.05) is 41.6 Å². The van der Waals surface area contributed by atoms with E-state index in [-0.39, 0.29) is 11.2 Å². The molecule has 156 valence electrons. The average molecular weight is 443 g/mol. The molecule has 1 atom stereocenters. The van der Waals surface area contributed by atoms with Crippen LogP contribution in [0.3, 0.4) is 0 Å². The molecule has 0 bridgehead atoms. The molecular formula is C22H23ClN4O2S. The van der Waals surface area contributed by atoms with Crippen LogP contribution in [0.5, 0.6) is 5.75 Å². The molecule has 0 aliphatic rings. The van der Waals surface area contributed by atoms with Crippen molar-refractivity contribution in [3.05, 3.63) is 71.8 Å². The Balaban J connectivity index is 1.67. The maximum atomic E-state index is 12.6. The number of carbonyl (C=O) groups is 1. The first-order valence-electron chi connectivity index (χ1n) is 9.39. The molecular weight excluding hydrogens is 420 g/mol. The molecule has 30 heavy (non-hydrogen) atoms. The molecule has 1 aromatic heterocycles. The van der Waals surface area contributed by atoms with Gasteiger partial charge in [0.25, 0.3) is 0 Å². The maximum absolute atomic E-state index is 12.6. The Morgan fingerprint density at radius 2 is 1.93 bits per heavy atom. The molecule has 1 amide bonds. The number of aromatic nitrogens is 3. The number of methoxy groups -OCH3 is 1. The third kappa shape index (κ3) is 5.43. The summed E-state index contributed by atoms with van der Waals surface area (Å²) in [5, 5.41) is 12.5. The van der Waals surface area contributed by atoms with Crippen molar-refractivity contribution in [3.8, 4) is 17.1 Å². The van der Waals surface area contributed by atoms with Gasteiger partial charge < -0.3 is 10.1 Å². The molecule has 1 N–H and O–H groups in total. The van der Waals surface area contributed by atoms with Crippen molar-refractivity contribution in [1.82, 2.24) is 20.1 Å². The SMILES string of the molecule is C=CCn1c(S[C@@H](C)C(=O)NCc2ccc(OC)cc2)nnc1-c1ccc(Cl)cc1. The van der Waals surface area contributed by atoms with E-state index < -0.39 is 0 Å². The molecule has 3 rings (SSSR count). The van der Waals surface area contributed by atoms with E-state index in [0.717, 1.165) is 16.9 Å². The van der Waals surface area contributed by atoms with E-state index in [1.54, 1.807) is 13.2 Å². The van der Waals surface area contributed by atoms with Gasteiger partial charge in [0, 0.05) is 23.7 Å². The summed E-state index contributed by atoms with van der Waals surface area (Å²) in [5.74, 6) is 1.42. The van der Waals surface area contributed by atoms with Crippen LogP contribution in [0.2, 0.25) is 5.02 Å². The summed E-state index contributed by atoms with van der Waals surface area (Å²) in [4.78, 5) is 12.6. The zero-order chi connectivity index (χ0) is 21.5. The van der Waals surface area contributed by atoms with Crippen LogP contribution in [0.4, 0.5) is 0 Å². The summed E-state index contributed by atoms with van der Waals surface area (Å²) in [7, 11) is 1.62. The Kier molecular flexibility index (Phi) is 7.54. The highest BCUT2D eigenvalue weighted by Gasteiger charge is 2.20. The number of rotatable bonds is 9. The molecule has 0 radical (unpaired) electrons. The summed E-state index contributed by atoms with van der Waals surface area (Å²) in [6.45, 7) is 6.65. The normalized spacial score (nSPS) is 11.7. The van der Waals surface area contributed by atoms with Crippen molar-refractivity contribution < 1.29 is 9.53 Å². The van der Waals surface area contributed by atoms with Gasteiger partial charge in [0.1, 0.15) is 5.75 Å². The molecule has 0 fully saturated rings. The first kappa shape index (κ1) is 21.9. The summed E-state index contributed by atoms with van der Waals surface area (Å²) < 4.78 is 7.09. The molecule has 8 heteroatoms. The monoisotopic (exact) mass is 442 g/mol. The Labute approximate surface area is 185 Å². The van der Waals surface area contributed by atoms with Gasteiger partial charge in [-0.3, -0.25) is 9.36 Å². The lowest BCUT2D eigenvalue weighted by molar-refractivity contribution is -0.120. The van der Waals surface area contributed by atoms with Crippen molar-refractivity contribution in [2.24, 2.45) is 0 Å². The van der Waals surface area contributed by atoms with Crippen LogP contribution in [0.1, 0.15) is 12.5 Å². The van der Waals surface area contributed by atoms with E-state index in [1.165, 1.54) is 11.8 Å². The van der Waals surface area contributed by atoms with Crippen LogP contribution in [-0.4, -0.2) is 33.0 Å². The zero-order valence-electron chi connectivity index (χ0n) is 16.8. The summed E-state index contributed by atoms with van der Waals surface area (Å²) in [5.41, 5.74) is 1.90. The number of benzene rings is 2. The fourth-order valence-corrected chi connectivity index (χ4v) is 3.78. The Morgan fingerprint density at radius 1 is 1.23 bits per heavy atom. The first-order chi connectivity index (χ1) is 14.5. The molecule has 0 unspecified atom stereocenters. The first-order valence-corrected chi connectivity index (χ1v) is 10.6. The highest BCUT2D eigenvalue weighted by Crippen LogP contribution is 2.27. The van der Waals surface area contributed by atoms with E-state index in [0.29, 0.717) is 29.1 Å². The average Bonchev–Trinajstić information content (AvgIpc) is 3.15. The van der Waals surface area contributed by atoms with E-state index in [2.05, 4.69) is 22.1 Å². The van der Waals surface area contributed by atoms with Crippen molar-refractivity contribution >= 4 is 29.3 Å². The minimum atomic E-state index is -0.339. The Hall–Kier alpha value is -2.77. The Bertz CT molecular complexity index is 1000. The largest absolute Gasteiger partial charge is 0.497 e. The quantitative estimate of drug-likeness (QED) is 0.387. The fourth-order valence-electron chi connectivity index (χ4n) is 2.77. The number of halogens is 1. The predicted molar refractivity (Wildman–Crippen MR) is 121 cm³/mol. The topological polar surface area (TPSA) is 69.0 Å². The minimum Gasteiger partial charge on any atom is -0.497 e. The third-order valence-electron chi connectivity index (χ3n) is 4.41. The number of hydrogen-bond donors (Lipinski definition) is 1.